The highest BCUT2D eigenvalue weighted by Gasteiger charge is 2.44. The number of ether oxygens (including phenoxy) is 1. The molecule has 34 heavy (non-hydrogen) atoms. The molecular weight excluding hydrogens is 471 g/mol. The van der Waals surface area contributed by atoms with Crippen molar-refractivity contribution in [1.29, 1.82) is 0 Å². The van der Waals surface area contributed by atoms with Gasteiger partial charge in [0.05, 0.1) is 20.3 Å². The molecule has 7 heteroatoms. The summed E-state index contributed by atoms with van der Waals surface area (Å²) in [6.45, 7) is 2.03. The Kier molecular flexibility index (Phi) is 9.05. The average Bonchev–Trinajstić information content (AvgIpc) is 3.29. The Balaban J connectivity index is 0.00000324. The van der Waals surface area contributed by atoms with Crippen LogP contribution in [0.3, 0.4) is 0 Å². The molecule has 5 nitrogen and oxygen atoms in total. The van der Waals surface area contributed by atoms with Crippen molar-refractivity contribution in [2.75, 3.05) is 27.2 Å². The predicted molar refractivity (Wildman–Crippen MR) is 130 cm³/mol. The van der Waals surface area contributed by atoms with E-state index in [1.54, 1.807) is 6.20 Å². The van der Waals surface area contributed by atoms with E-state index < -0.39 is 5.60 Å². The normalized spacial score (nSPS) is 16.5. The Morgan fingerprint density at radius 1 is 1.06 bits per heavy atom. The van der Waals surface area contributed by atoms with Crippen molar-refractivity contribution < 1.29 is 31.2 Å². The van der Waals surface area contributed by atoms with Gasteiger partial charge in [-0.05, 0) is 42.7 Å². The van der Waals surface area contributed by atoms with E-state index in [4.69, 9.17) is 20.8 Å². The van der Waals surface area contributed by atoms with E-state index in [9.17, 15) is 5.11 Å². The Bertz CT molecular complexity index is 1020. The van der Waals surface area contributed by atoms with Gasteiger partial charge in [-0.3, -0.25) is 0 Å². The van der Waals surface area contributed by atoms with Gasteiger partial charge >= 0.3 is 0 Å². The summed E-state index contributed by atoms with van der Waals surface area (Å²) in [5, 5.41) is 12.7. The molecule has 4 rings (SSSR count). The van der Waals surface area contributed by atoms with E-state index in [0.29, 0.717) is 28.5 Å². The number of likely N-dealkylation sites (N-methyl/N-ethyl adjacent to an activating group) is 1. The summed E-state index contributed by atoms with van der Waals surface area (Å²) in [5.41, 5.74) is -0.343. The Labute approximate surface area is 213 Å². The van der Waals surface area contributed by atoms with Crippen LogP contribution in [0.25, 0.3) is 0 Å². The van der Waals surface area contributed by atoms with Gasteiger partial charge in [-0.25, -0.2) is 4.98 Å². The van der Waals surface area contributed by atoms with Crippen LogP contribution in [0.5, 0.6) is 5.75 Å². The summed E-state index contributed by atoms with van der Waals surface area (Å²) in [5.74, 6) is 2.09. The molecule has 1 aromatic heterocycles. The van der Waals surface area contributed by atoms with Gasteiger partial charge in [0.25, 0.3) is 0 Å². The van der Waals surface area contributed by atoms with Crippen molar-refractivity contribution in [3.05, 3.63) is 83.0 Å². The smallest absolute Gasteiger partial charge is 0.231 e. The summed E-state index contributed by atoms with van der Waals surface area (Å²) in [6.07, 6.45) is 7.21. The van der Waals surface area contributed by atoms with E-state index >= 15 is 0 Å². The van der Waals surface area contributed by atoms with Gasteiger partial charge in [0.15, 0.2) is 11.4 Å². The third-order valence-corrected chi connectivity index (χ3v) is 6.90. The van der Waals surface area contributed by atoms with Crippen LogP contribution in [0, 0.1) is 5.92 Å². The molecule has 1 heterocycles. The van der Waals surface area contributed by atoms with Crippen molar-refractivity contribution in [3.63, 3.8) is 0 Å². The van der Waals surface area contributed by atoms with Crippen LogP contribution < -0.4 is 17.1 Å². The Morgan fingerprint density at radius 3 is 2.41 bits per heavy atom. The van der Waals surface area contributed by atoms with Crippen LogP contribution in [0.2, 0.25) is 5.02 Å². The van der Waals surface area contributed by atoms with Crippen LogP contribution in [0.4, 0.5) is 0 Å². The molecule has 0 aliphatic heterocycles. The summed E-state index contributed by atoms with van der Waals surface area (Å²) >= 11 is 5.94. The maximum Gasteiger partial charge on any atom is 0.231 e. The van der Waals surface area contributed by atoms with Crippen molar-refractivity contribution >= 4 is 11.6 Å². The predicted octanol–water partition coefficient (Wildman–Crippen LogP) is 2.80. The number of halogens is 2. The second kappa shape index (κ2) is 11.6. The zero-order valence-corrected chi connectivity index (χ0v) is 21.4. The molecule has 1 fully saturated rings. The van der Waals surface area contributed by atoms with Crippen molar-refractivity contribution in [3.8, 4) is 5.75 Å². The highest BCUT2D eigenvalue weighted by atomic mass is 35.5. The number of hydrogen-bond donors (Lipinski definition) is 1. The second-order valence-electron chi connectivity index (χ2n) is 9.72. The summed E-state index contributed by atoms with van der Waals surface area (Å²) in [6, 6.07) is 17.3. The average molecular weight is 505 g/mol. The minimum atomic E-state index is -1.20. The van der Waals surface area contributed by atoms with E-state index in [1.807, 2.05) is 54.6 Å². The third kappa shape index (κ3) is 6.33. The van der Waals surface area contributed by atoms with Crippen molar-refractivity contribution in [1.82, 2.24) is 4.98 Å². The lowest BCUT2D eigenvalue weighted by molar-refractivity contribution is -0.904. The van der Waals surface area contributed by atoms with Crippen LogP contribution in [-0.4, -0.2) is 41.8 Å². The molecule has 0 amide bonds. The molecule has 1 aliphatic carbocycles. The standard InChI is InChI=1S/C27H34ClN2O3.ClH/c1-30(2,17-18-32-24-15-13-23(28)14-16-24)20-25-19-29-26(33-25)27(31,21-9-5-3-6-10-21)22-11-7-4-8-12-22;/h3,5-6,9-10,13-16,19,22,31H,4,7-8,11-12,17-18,20H2,1-2H3;1H/q+1;/p-1/t27-;/m0./s1. The molecule has 3 aromatic rings. The number of aromatic nitrogens is 1. The SMILES string of the molecule is C[N+](C)(CCOc1ccc(Cl)cc1)Cc1cnc([C@](O)(c2ccccc2)C2CCCCC2)o1.[Cl-]. The zero-order valence-electron chi connectivity index (χ0n) is 19.9. The lowest BCUT2D eigenvalue weighted by Gasteiger charge is -2.36. The lowest BCUT2D eigenvalue weighted by atomic mass is 9.73. The molecule has 1 aliphatic rings. The maximum atomic E-state index is 12.0. The largest absolute Gasteiger partial charge is 1.00 e. The minimum absolute atomic E-state index is 0. The van der Waals surface area contributed by atoms with Gasteiger partial charge in [-0.15, -0.1) is 0 Å². The van der Waals surface area contributed by atoms with E-state index in [1.165, 1.54) is 6.42 Å². The number of oxazole rings is 1. The van der Waals surface area contributed by atoms with Gasteiger partial charge in [0.1, 0.15) is 25.4 Å². The van der Waals surface area contributed by atoms with E-state index in [-0.39, 0.29) is 18.3 Å². The monoisotopic (exact) mass is 504 g/mol. The first-order chi connectivity index (χ1) is 15.9. The molecular formula is C27H34Cl2N2O3. The summed E-state index contributed by atoms with van der Waals surface area (Å²) in [4.78, 5) is 4.59. The lowest BCUT2D eigenvalue weighted by Crippen LogP contribution is -3.00. The molecule has 1 saturated carbocycles. The topological polar surface area (TPSA) is 55.5 Å². The van der Waals surface area contributed by atoms with Crippen molar-refractivity contribution in [2.45, 2.75) is 44.2 Å². The molecule has 1 atom stereocenters. The quantitative estimate of drug-likeness (QED) is 0.455. The first kappa shape index (κ1) is 26.6. The molecule has 0 saturated heterocycles. The molecule has 0 spiro atoms. The van der Waals surface area contributed by atoms with Crippen LogP contribution in [0.1, 0.15) is 49.3 Å². The molecule has 2 aromatic carbocycles. The van der Waals surface area contributed by atoms with Crippen LogP contribution >= 0.6 is 11.6 Å². The number of quaternary nitrogens is 1. The summed E-state index contributed by atoms with van der Waals surface area (Å²) in [7, 11) is 4.27. The highest BCUT2D eigenvalue weighted by Crippen LogP contribution is 2.43. The zero-order chi connectivity index (χ0) is 23.3. The fourth-order valence-electron chi connectivity index (χ4n) is 4.75. The number of rotatable bonds is 9. The number of hydrogen-bond acceptors (Lipinski definition) is 4. The van der Waals surface area contributed by atoms with Gasteiger partial charge < -0.3 is 31.2 Å². The Hall–Kier alpha value is -2.05. The first-order valence-electron chi connectivity index (χ1n) is 11.8. The molecule has 0 radical (unpaired) electrons. The van der Waals surface area contributed by atoms with Gasteiger partial charge in [0.2, 0.25) is 5.89 Å². The molecule has 184 valence electrons. The highest BCUT2D eigenvalue weighted by molar-refractivity contribution is 6.30. The van der Waals surface area contributed by atoms with E-state index in [0.717, 1.165) is 49.3 Å². The third-order valence-electron chi connectivity index (χ3n) is 6.65. The van der Waals surface area contributed by atoms with Gasteiger partial charge in [0, 0.05) is 10.9 Å². The van der Waals surface area contributed by atoms with Crippen LogP contribution in [0.15, 0.2) is 65.2 Å². The maximum absolute atomic E-state index is 12.0. The molecule has 1 N–H and O–H groups in total. The van der Waals surface area contributed by atoms with E-state index in [2.05, 4.69) is 19.1 Å². The fraction of sp³-hybridized carbons (Fsp3) is 0.444. The number of benzene rings is 2. The van der Waals surface area contributed by atoms with Crippen molar-refractivity contribution in [2.24, 2.45) is 5.92 Å². The summed E-state index contributed by atoms with van der Waals surface area (Å²) < 4.78 is 12.8. The number of nitrogens with zero attached hydrogens (tertiary/aromatic N) is 2. The first-order valence-corrected chi connectivity index (χ1v) is 12.2. The second-order valence-corrected chi connectivity index (χ2v) is 10.2. The van der Waals surface area contributed by atoms with Gasteiger partial charge in [-0.2, -0.15) is 0 Å². The molecule has 0 unspecified atom stereocenters. The number of aliphatic hydroxyl groups is 1. The van der Waals surface area contributed by atoms with Crippen LogP contribution in [-0.2, 0) is 12.1 Å². The Morgan fingerprint density at radius 2 is 1.74 bits per heavy atom. The van der Waals surface area contributed by atoms with Gasteiger partial charge in [-0.1, -0.05) is 61.2 Å². The molecule has 0 bridgehead atoms. The fourth-order valence-corrected chi connectivity index (χ4v) is 4.87. The minimum Gasteiger partial charge on any atom is -1.00 e.